The van der Waals surface area contributed by atoms with Crippen LogP contribution in [-0.4, -0.2) is 31.7 Å². The van der Waals surface area contributed by atoms with Crippen molar-refractivity contribution < 1.29 is 9.53 Å². The van der Waals surface area contributed by atoms with Crippen LogP contribution < -0.4 is 10.6 Å². The topological polar surface area (TPSA) is 50.4 Å². The second-order valence-corrected chi connectivity index (χ2v) is 5.96. The molecular weight excluding hydrogens is 320 g/mol. The summed E-state index contributed by atoms with van der Waals surface area (Å²) >= 11 is 3.37. The Hall–Kier alpha value is -0.910. The number of carbonyl (C=O) groups is 1. The monoisotopic (exact) mass is 340 g/mol. The molecule has 0 aliphatic carbocycles. The summed E-state index contributed by atoms with van der Waals surface area (Å²) in [5.74, 6) is -0.111. The quantitative estimate of drug-likeness (QED) is 0.783. The highest BCUT2D eigenvalue weighted by molar-refractivity contribution is 9.10. The molecule has 1 aliphatic rings. The van der Waals surface area contributed by atoms with Crippen molar-refractivity contribution in [1.82, 2.24) is 5.32 Å². The van der Waals surface area contributed by atoms with Crippen LogP contribution in [0.25, 0.3) is 0 Å². The highest BCUT2D eigenvalue weighted by atomic mass is 79.9. The van der Waals surface area contributed by atoms with Gasteiger partial charge in [0.05, 0.1) is 0 Å². The summed E-state index contributed by atoms with van der Waals surface area (Å²) in [6.45, 7) is 1.84. The summed E-state index contributed by atoms with van der Waals surface area (Å²) in [4.78, 5) is 11.7. The van der Waals surface area contributed by atoms with E-state index in [9.17, 15) is 4.79 Å². The van der Waals surface area contributed by atoms with Gasteiger partial charge in [-0.15, -0.1) is 0 Å². The molecule has 0 spiro atoms. The molecule has 20 heavy (non-hydrogen) atoms. The third-order valence-corrected chi connectivity index (χ3v) is 3.86. The summed E-state index contributed by atoms with van der Waals surface area (Å²) < 4.78 is 6.38. The lowest BCUT2D eigenvalue weighted by Crippen LogP contribution is -2.35. The Labute approximate surface area is 128 Å². The summed E-state index contributed by atoms with van der Waals surface area (Å²) in [7, 11) is 0. The van der Waals surface area contributed by atoms with Gasteiger partial charge in [0.2, 0.25) is 5.91 Å². The van der Waals surface area contributed by atoms with E-state index >= 15 is 0 Å². The van der Waals surface area contributed by atoms with Gasteiger partial charge in [0.15, 0.2) is 0 Å². The van der Waals surface area contributed by atoms with Crippen LogP contribution in [0.15, 0.2) is 28.7 Å². The largest absolute Gasteiger partial charge is 0.372 e. The van der Waals surface area contributed by atoms with Crippen molar-refractivity contribution in [3.05, 3.63) is 28.7 Å². The highest BCUT2D eigenvalue weighted by Gasteiger charge is 2.12. The molecule has 4 nitrogen and oxygen atoms in total. The molecule has 1 atom stereocenters. The molecule has 1 heterocycles. The van der Waals surface area contributed by atoms with Crippen LogP contribution in [0.2, 0.25) is 0 Å². The lowest BCUT2D eigenvalue weighted by Gasteiger charge is -2.23. The fraction of sp³-hybridized carbons (Fsp3) is 0.533. The third-order valence-electron chi connectivity index (χ3n) is 3.36. The van der Waals surface area contributed by atoms with Gasteiger partial charge in [0, 0.05) is 22.8 Å². The normalized spacial score (nSPS) is 18.8. The second kappa shape index (κ2) is 8.39. The first-order valence-electron chi connectivity index (χ1n) is 7.10. The summed E-state index contributed by atoms with van der Waals surface area (Å²) in [5, 5.41) is 6.28. The molecule has 1 aliphatic heterocycles. The van der Waals surface area contributed by atoms with E-state index < -0.39 is 0 Å². The van der Waals surface area contributed by atoms with E-state index in [2.05, 4.69) is 26.6 Å². The molecule has 2 rings (SSSR count). The smallest absolute Gasteiger partial charge is 0.250 e. The van der Waals surface area contributed by atoms with Crippen molar-refractivity contribution in [2.24, 2.45) is 0 Å². The number of anilines is 1. The number of amides is 1. The molecule has 110 valence electrons. The maximum absolute atomic E-state index is 11.7. The maximum Gasteiger partial charge on any atom is 0.250 e. The van der Waals surface area contributed by atoms with E-state index in [-0.39, 0.29) is 12.5 Å². The van der Waals surface area contributed by atoms with Crippen LogP contribution in [0.5, 0.6) is 0 Å². The molecule has 1 fully saturated rings. The summed E-state index contributed by atoms with van der Waals surface area (Å²) in [6.07, 6.45) is 4.76. The van der Waals surface area contributed by atoms with E-state index in [4.69, 9.17) is 4.74 Å². The van der Waals surface area contributed by atoms with E-state index in [1.54, 1.807) is 0 Å². The Kier molecular flexibility index (Phi) is 6.50. The first kappa shape index (κ1) is 15.5. The van der Waals surface area contributed by atoms with E-state index in [0.29, 0.717) is 12.6 Å². The molecule has 0 aromatic heterocycles. The Balaban J connectivity index is 1.60. The van der Waals surface area contributed by atoms with Crippen LogP contribution in [0.4, 0.5) is 5.69 Å². The lowest BCUT2D eigenvalue weighted by atomic mass is 10.0. The van der Waals surface area contributed by atoms with Gasteiger partial charge >= 0.3 is 0 Å². The number of ether oxygens (including phenoxy) is 1. The van der Waals surface area contributed by atoms with Crippen LogP contribution in [0.3, 0.4) is 0 Å². The van der Waals surface area contributed by atoms with Gasteiger partial charge in [0.25, 0.3) is 0 Å². The summed E-state index contributed by atoms with van der Waals surface area (Å²) in [5.41, 5.74) is 0.780. The Morgan fingerprint density at radius 3 is 3.10 bits per heavy atom. The van der Waals surface area contributed by atoms with E-state index in [1.165, 1.54) is 19.3 Å². The van der Waals surface area contributed by atoms with Gasteiger partial charge in [-0.3, -0.25) is 4.79 Å². The van der Waals surface area contributed by atoms with Crippen molar-refractivity contribution in [1.29, 1.82) is 0 Å². The minimum absolute atomic E-state index is 0.110. The number of rotatable bonds is 6. The van der Waals surface area contributed by atoms with Crippen LogP contribution in [-0.2, 0) is 9.53 Å². The molecule has 1 unspecified atom stereocenters. The summed E-state index contributed by atoms with van der Waals surface area (Å²) in [6, 6.07) is 8.08. The van der Waals surface area contributed by atoms with Gasteiger partial charge in [-0.05, 0) is 44.0 Å². The van der Waals surface area contributed by atoms with Crippen molar-refractivity contribution in [2.75, 3.05) is 25.1 Å². The van der Waals surface area contributed by atoms with Gasteiger partial charge in [-0.25, -0.2) is 0 Å². The molecule has 1 saturated heterocycles. The molecule has 1 aromatic carbocycles. The van der Waals surface area contributed by atoms with Crippen molar-refractivity contribution in [2.45, 2.75) is 31.7 Å². The van der Waals surface area contributed by atoms with Gasteiger partial charge < -0.3 is 15.4 Å². The van der Waals surface area contributed by atoms with Crippen LogP contribution in [0.1, 0.15) is 25.7 Å². The average molecular weight is 341 g/mol. The zero-order valence-corrected chi connectivity index (χ0v) is 13.1. The van der Waals surface area contributed by atoms with E-state index in [1.807, 2.05) is 24.3 Å². The Morgan fingerprint density at radius 2 is 2.35 bits per heavy atom. The highest BCUT2D eigenvalue weighted by Crippen LogP contribution is 2.15. The third kappa shape index (κ3) is 5.61. The molecule has 1 amide bonds. The second-order valence-electron chi connectivity index (χ2n) is 5.05. The number of halogens is 1. The predicted molar refractivity (Wildman–Crippen MR) is 83.8 cm³/mol. The minimum Gasteiger partial charge on any atom is -0.372 e. The van der Waals surface area contributed by atoms with Gasteiger partial charge in [-0.2, -0.15) is 0 Å². The van der Waals surface area contributed by atoms with Gasteiger partial charge in [-0.1, -0.05) is 28.4 Å². The number of carbonyl (C=O) groups excluding carboxylic acids is 1. The first-order valence-corrected chi connectivity index (χ1v) is 7.90. The molecule has 0 saturated carbocycles. The minimum atomic E-state index is -0.111. The Morgan fingerprint density at radius 1 is 1.45 bits per heavy atom. The molecule has 1 aromatic rings. The fourth-order valence-corrected chi connectivity index (χ4v) is 2.72. The van der Waals surface area contributed by atoms with Crippen LogP contribution in [0, 0.1) is 0 Å². The zero-order valence-electron chi connectivity index (χ0n) is 11.5. The SMILES string of the molecule is O=C(COCCC1CCCCN1)Nc1cccc(Br)c1. The maximum atomic E-state index is 11.7. The molecule has 0 radical (unpaired) electrons. The van der Waals surface area contributed by atoms with E-state index in [0.717, 1.165) is 23.1 Å². The molecular formula is C15H21BrN2O2. The molecule has 0 bridgehead atoms. The molecule has 2 N–H and O–H groups in total. The zero-order chi connectivity index (χ0) is 14.2. The lowest BCUT2D eigenvalue weighted by molar-refractivity contribution is -0.120. The number of hydrogen-bond acceptors (Lipinski definition) is 3. The standard InChI is InChI=1S/C15H21BrN2O2/c16-12-4-3-6-14(10-12)18-15(19)11-20-9-7-13-5-1-2-8-17-13/h3-4,6,10,13,17H,1-2,5,7-9,11H2,(H,18,19). The first-order chi connectivity index (χ1) is 9.74. The fourth-order valence-electron chi connectivity index (χ4n) is 2.32. The number of nitrogens with one attached hydrogen (secondary N) is 2. The number of benzene rings is 1. The van der Waals surface area contributed by atoms with Crippen LogP contribution >= 0.6 is 15.9 Å². The predicted octanol–water partition coefficient (Wildman–Crippen LogP) is 2.94. The Bertz CT molecular complexity index is 434. The van der Waals surface area contributed by atoms with Crippen molar-refractivity contribution in [3.63, 3.8) is 0 Å². The average Bonchev–Trinajstić information content (AvgIpc) is 2.45. The molecule has 5 heteroatoms. The van der Waals surface area contributed by atoms with Crippen molar-refractivity contribution >= 4 is 27.5 Å². The number of hydrogen-bond donors (Lipinski definition) is 2. The number of piperidine rings is 1. The van der Waals surface area contributed by atoms with Gasteiger partial charge in [0.1, 0.15) is 6.61 Å². The van der Waals surface area contributed by atoms with Crippen molar-refractivity contribution in [3.8, 4) is 0 Å².